The van der Waals surface area contributed by atoms with E-state index in [0.29, 0.717) is 6.42 Å². The maximum Gasteiger partial charge on any atom is 0.335 e. The van der Waals surface area contributed by atoms with Gasteiger partial charge in [0, 0.05) is 46.2 Å². The molecule has 5 aliphatic heterocycles. The molecule has 3 aromatic carbocycles. The average molecular weight is 601 g/mol. The van der Waals surface area contributed by atoms with Crippen molar-refractivity contribution in [1.82, 2.24) is 14.8 Å². The number of anilines is 2. The van der Waals surface area contributed by atoms with Gasteiger partial charge in [0.15, 0.2) is 10.2 Å². The summed E-state index contributed by atoms with van der Waals surface area (Å²) >= 11 is 2.10. The summed E-state index contributed by atoms with van der Waals surface area (Å²) in [5.74, 6) is -0.0685. The van der Waals surface area contributed by atoms with Crippen molar-refractivity contribution in [3.8, 4) is 0 Å². The Morgan fingerprint density at radius 3 is 2.41 bits per heavy atom. The SMILES string of the molecule is C=C1S[C@@H]2C(=O)N3[C@H]4N(c5ccccc5)c5ccccc5C4(c4c[nH]c5ccccc45)CC3(S1)C(=O)N2C.O=S=O. The Morgan fingerprint density at radius 1 is 0.951 bits per heavy atom. The minimum atomic E-state index is -1.09. The van der Waals surface area contributed by atoms with E-state index in [-0.39, 0.29) is 11.8 Å². The quantitative estimate of drug-likeness (QED) is 0.348. The van der Waals surface area contributed by atoms with Gasteiger partial charge in [0.05, 0.1) is 5.41 Å². The summed E-state index contributed by atoms with van der Waals surface area (Å²) in [6.45, 7) is 4.27. The smallest absolute Gasteiger partial charge is 0.335 e. The number of rotatable bonds is 2. The minimum absolute atomic E-state index is 0.0302. The highest BCUT2D eigenvalue weighted by Gasteiger charge is 2.75. The van der Waals surface area contributed by atoms with E-state index in [1.807, 2.05) is 29.2 Å². The number of amides is 2. The first kappa shape index (κ1) is 26.1. The second kappa shape index (κ2) is 9.37. The standard InChI is InChI=1S/C30H24N4O2S2.O2S/c1-18-37-26-25(35)34-27-29(17-30(34,38-18)28(36)32(26)2,22-16-31-23-14-8-6-12-20(22)23)21-13-7-9-15-24(21)33(27)19-10-4-3-5-11-19;1-3-2/h3-16,26-27,31H,1,17H2,2H3;/t26-,27-,29?,30?;/m1./s1. The first-order valence-electron chi connectivity index (χ1n) is 13.0. The maximum atomic E-state index is 14.5. The largest absolute Gasteiger partial charge is 0.361 e. The number of nitrogens with zero attached hydrogens (tertiary/aromatic N) is 3. The van der Waals surface area contributed by atoms with E-state index in [9.17, 15) is 9.59 Å². The summed E-state index contributed by atoms with van der Waals surface area (Å²) in [5.41, 5.74) is 4.69. The molecule has 0 aliphatic carbocycles. The zero-order chi connectivity index (χ0) is 28.5. The molecule has 4 saturated heterocycles. The maximum absolute atomic E-state index is 14.5. The number of aromatic nitrogens is 1. The topological polar surface area (TPSA) is 93.8 Å². The van der Waals surface area contributed by atoms with Crippen LogP contribution in [-0.4, -0.2) is 58.5 Å². The van der Waals surface area contributed by atoms with Gasteiger partial charge < -0.3 is 14.8 Å². The van der Waals surface area contributed by atoms with Crippen LogP contribution in [0, 0.1) is 0 Å². The van der Waals surface area contributed by atoms with Crippen LogP contribution in [0.1, 0.15) is 17.5 Å². The number of fused-ring (bicyclic) bond motifs is 7. The molecule has 6 heterocycles. The van der Waals surface area contributed by atoms with E-state index in [2.05, 4.69) is 77.3 Å². The van der Waals surface area contributed by atoms with Gasteiger partial charge in [0.1, 0.15) is 6.17 Å². The van der Waals surface area contributed by atoms with Gasteiger partial charge in [-0.3, -0.25) is 14.5 Å². The number of piperazine rings is 1. The van der Waals surface area contributed by atoms with E-state index in [4.69, 9.17) is 8.42 Å². The lowest BCUT2D eigenvalue weighted by atomic mass is 9.72. The molecule has 1 spiro atoms. The third-order valence-electron chi connectivity index (χ3n) is 8.57. The van der Waals surface area contributed by atoms with Gasteiger partial charge in [-0.15, -0.1) is 0 Å². The lowest BCUT2D eigenvalue weighted by Gasteiger charge is -2.47. The molecule has 9 rings (SSSR count). The lowest BCUT2D eigenvalue weighted by molar-refractivity contribution is -0.157. The molecule has 0 radical (unpaired) electrons. The first-order chi connectivity index (χ1) is 19.9. The number of carbonyl (C=O) groups excluding carboxylic acids is 2. The highest BCUT2D eigenvalue weighted by atomic mass is 32.2. The number of para-hydroxylation sites is 3. The minimum Gasteiger partial charge on any atom is -0.361 e. The molecule has 2 unspecified atom stereocenters. The van der Waals surface area contributed by atoms with E-state index < -0.39 is 33.4 Å². The van der Waals surface area contributed by atoms with E-state index >= 15 is 0 Å². The van der Waals surface area contributed by atoms with Crippen LogP contribution in [0.25, 0.3) is 10.9 Å². The lowest BCUT2D eigenvalue weighted by Crippen LogP contribution is -2.68. The Morgan fingerprint density at radius 2 is 1.63 bits per heavy atom. The molecule has 1 N–H and O–H groups in total. The second-order valence-electron chi connectivity index (χ2n) is 10.4. The average Bonchev–Trinajstić information content (AvgIpc) is 3.58. The summed E-state index contributed by atoms with van der Waals surface area (Å²) in [5, 5.41) is 0.482. The van der Waals surface area contributed by atoms with Gasteiger partial charge in [-0.2, -0.15) is 8.42 Å². The van der Waals surface area contributed by atoms with Gasteiger partial charge in [-0.05, 0) is 35.4 Å². The van der Waals surface area contributed by atoms with Crippen LogP contribution in [0.4, 0.5) is 11.4 Å². The summed E-state index contributed by atoms with van der Waals surface area (Å²) in [4.78, 5) is 37.0. The van der Waals surface area contributed by atoms with Crippen LogP contribution < -0.4 is 4.90 Å². The number of nitrogens with one attached hydrogen (secondary N) is 1. The van der Waals surface area contributed by atoms with Crippen molar-refractivity contribution in [2.45, 2.75) is 28.2 Å². The Kier molecular flexibility index (Phi) is 5.97. The van der Waals surface area contributed by atoms with Crippen molar-refractivity contribution in [3.63, 3.8) is 0 Å². The molecular formula is C30H24N4O4S3. The Bertz CT molecular complexity index is 1790. The number of benzene rings is 3. The molecular weight excluding hydrogens is 577 g/mol. The number of aromatic amines is 1. The second-order valence-corrected chi connectivity index (χ2v) is 13.4. The summed E-state index contributed by atoms with van der Waals surface area (Å²) in [6, 6.07) is 26.9. The molecule has 4 atom stereocenters. The molecule has 41 heavy (non-hydrogen) atoms. The van der Waals surface area contributed by atoms with Crippen molar-refractivity contribution in [3.05, 3.63) is 107 Å². The highest BCUT2D eigenvalue weighted by molar-refractivity contribution is 8.24. The third-order valence-corrected chi connectivity index (χ3v) is 11.2. The van der Waals surface area contributed by atoms with Crippen LogP contribution >= 0.6 is 23.5 Å². The fourth-order valence-corrected chi connectivity index (χ4v) is 9.96. The molecule has 0 saturated carbocycles. The number of H-pyrrole nitrogens is 1. The summed E-state index contributed by atoms with van der Waals surface area (Å²) in [7, 11) is 1.76. The fourth-order valence-electron chi connectivity index (χ4n) is 7.16. The Labute approximate surface area is 248 Å². The molecule has 2 amide bonds. The molecule has 5 aliphatic rings. The zero-order valence-electron chi connectivity index (χ0n) is 21.9. The van der Waals surface area contributed by atoms with E-state index in [1.165, 1.54) is 23.5 Å². The highest BCUT2D eigenvalue weighted by Crippen LogP contribution is 2.68. The van der Waals surface area contributed by atoms with Crippen molar-refractivity contribution >= 4 is 69.2 Å². The number of hydrogen-bond donors (Lipinski definition) is 1. The molecule has 2 bridgehead atoms. The number of thioether (sulfide) groups is 2. The first-order valence-corrected chi connectivity index (χ1v) is 15.3. The number of carbonyl (C=O) groups is 2. The molecule has 206 valence electrons. The normalized spacial score (nSPS) is 27.7. The van der Waals surface area contributed by atoms with Gasteiger partial charge >= 0.3 is 11.6 Å². The Balaban J connectivity index is 0.000000884. The number of likely N-dealkylation sites (N-methyl/N-ethyl adjacent to an activating group) is 1. The summed E-state index contributed by atoms with van der Waals surface area (Å²) < 4.78 is 17.4. The van der Waals surface area contributed by atoms with Crippen molar-refractivity contribution < 1.29 is 18.0 Å². The van der Waals surface area contributed by atoms with Crippen LogP contribution in [0.3, 0.4) is 0 Å². The molecule has 4 fully saturated rings. The Hall–Kier alpha value is -3.80. The molecule has 1 aromatic heterocycles. The molecule has 8 nitrogen and oxygen atoms in total. The predicted octanol–water partition coefficient (Wildman–Crippen LogP) is 4.94. The third kappa shape index (κ3) is 3.36. The number of hydrogen-bond acceptors (Lipinski definition) is 7. The van der Waals surface area contributed by atoms with Crippen molar-refractivity contribution in [2.75, 3.05) is 11.9 Å². The van der Waals surface area contributed by atoms with Crippen molar-refractivity contribution in [1.29, 1.82) is 0 Å². The van der Waals surface area contributed by atoms with Gasteiger partial charge in [0.25, 0.3) is 11.8 Å². The molecule has 4 aromatic rings. The van der Waals surface area contributed by atoms with Gasteiger partial charge in [-0.25, -0.2) is 0 Å². The van der Waals surface area contributed by atoms with Crippen LogP contribution in [0.15, 0.2) is 95.9 Å². The van der Waals surface area contributed by atoms with Crippen molar-refractivity contribution in [2.24, 2.45) is 0 Å². The van der Waals surface area contributed by atoms with Crippen LogP contribution in [-0.2, 0) is 26.6 Å². The monoisotopic (exact) mass is 600 g/mol. The molecule has 11 heteroatoms. The van der Waals surface area contributed by atoms with E-state index in [1.54, 1.807) is 11.9 Å². The van der Waals surface area contributed by atoms with Crippen LogP contribution in [0.5, 0.6) is 0 Å². The van der Waals surface area contributed by atoms with Gasteiger partial charge in [0.2, 0.25) is 0 Å². The zero-order valence-corrected chi connectivity index (χ0v) is 24.3. The summed E-state index contributed by atoms with van der Waals surface area (Å²) in [6.07, 6.45) is 2.12. The predicted molar refractivity (Wildman–Crippen MR) is 162 cm³/mol. The fraction of sp³-hybridized carbons (Fsp3) is 0.200. The van der Waals surface area contributed by atoms with E-state index in [0.717, 1.165) is 37.6 Å². The van der Waals surface area contributed by atoms with Gasteiger partial charge in [-0.1, -0.05) is 84.7 Å². The van der Waals surface area contributed by atoms with Crippen LogP contribution in [0.2, 0.25) is 0 Å².